The van der Waals surface area contributed by atoms with Crippen LogP contribution in [0.3, 0.4) is 0 Å². The number of thioether (sulfide) groups is 1. The van der Waals surface area contributed by atoms with E-state index in [2.05, 4.69) is 48.6 Å². The second-order valence-corrected chi connectivity index (χ2v) is 6.14. The van der Waals surface area contributed by atoms with Crippen LogP contribution in [-0.4, -0.2) is 12.9 Å². The number of ether oxygens (including phenoxy) is 1. The van der Waals surface area contributed by atoms with Crippen LogP contribution in [0.4, 0.5) is 5.69 Å². The molecule has 0 amide bonds. The van der Waals surface area contributed by atoms with E-state index < -0.39 is 0 Å². The van der Waals surface area contributed by atoms with Gasteiger partial charge in [0, 0.05) is 11.5 Å². The zero-order valence-corrected chi connectivity index (χ0v) is 12.7. The summed E-state index contributed by atoms with van der Waals surface area (Å²) >= 11 is 1.98. The van der Waals surface area contributed by atoms with E-state index in [1.807, 2.05) is 17.8 Å². The first-order chi connectivity index (χ1) is 9.78. The second kappa shape index (κ2) is 5.80. The molecule has 0 saturated heterocycles. The normalized spacial score (nSPS) is 17.4. The summed E-state index contributed by atoms with van der Waals surface area (Å²) in [4.78, 5) is 0. The third-order valence-corrected chi connectivity index (χ3v) is 4.74. The van der Waals surface area contributed by atoms with Crippen molar-refractivity contribution in [2.24, 2.45) is 0 Å². The average molecular weight is 285 g/mol. The number of fused-ring (bicyclic) bond motifs is 1. The Balaban J connectivity index is 1.91. The average Bonchev–Trinajstić information content (AvgIpc) is 2.48. The van der Waals surface area contributed by atoms with Crippen molar-refractivity contribution in [3.8, 4) is 5.75 Å². The molecule has 3 rings (SSSR count). The highest BCUT2D eigenvalue weighted by Gasteiger charge is 2.20. The fourth-order valence-electron chi connectivity index (χ4n) is 2.62. The Hall–Kier alpha value is -1.61. The van der Waals surface area contributed by atoms with Crippen molar-refractivity contribution in [1.29, 1.82) is 0 Å². The standard InChI is InChI=1S/C17H19NOS/c1-12-7-8-17(19-2)15(9-12)18-16-11-20-10-13-5-3-4-6-14(13)16/h3-9,16,18H,10-11H2,1-2H3. The lowest BCUT2D eigenvalue weighted by atomic mass is 10.0. The quantitative estimate of drug-likeness (QED) is 0.903. The summed E-state index contributed by atoms with van der Waals surface area (Å²) in [6.07, 6.45) is 0. The number of nitrogens with one attached hydrogen (secondary N) is 1. The summed E-state index contributed by atoms with van der Waals surface area (Å²) in [5.74, 6) is 3.11. The van der Waals surface area contributed by atoms with Gasteiger partial charge in [-0.3, -0.25) is 0 Å². The molecule has 1 unspecified atom stereocenters. The molecule has 1 heterocycles. The Labute approximate surface area is 124 Å². The van der Waals surface area contributed by atoms with Crippen LogP contribution in [-0.2, 0) is 5.75 Å². The first-order valence-corrected chi connectivity index (χ1v) is 8.00. The second-order valence-electron chi connectivity index (χ2n) is 5.11. The van der Waals surface area contributed by atoms with Gasteiger partial charge in [-0.2, -0.15) is 11.8 Å². The first kappa shape index (κ1) is 13.4. The number of hydrogen-bond donors (Lipinski definition) is 1. The molecule has 0 aliphatic carbocycles. The third-order valence-electron chi connectivity index (χ3n) is 3.66. The third kappa shape index (κ3) is 2.63. The molecule has 0 spiro atoms. The van der Waals surface area contributed by atoms with E-state index in [4.69, 9.17) is 4.74 Å². The molecule has 1 aliphatic rings. The van der Waals surface area contributed by atoms with Crippen molar-refractivity contribution in [2.75, 3.05) is 18.2 Å². The Morgan fingerprint density at radius 3 is 2.90 bits per heavy atom. The van der Waals surface area contributed by atoms with Gasteiger partial charge in [0.15, 0.2) is 0 Å². The van der Waals surface area contributed by atoms with Crippen molar-refractivity contribution in [1.82, 2.24) is 0 Å². The summed E-state index contributed by atoms with van der Waals surface area (Å²) in [5, 5.41) is 3.65. The van der Waals surface area contributed by atoms with E-state index in [1.54, 1.807) is 7.11 Å². The number of aryl methyl sites for hydroxylation is 1. The van der Waals surface area contributed by atoms with Gasteiger partial charge in [-0.15, -0.1) is 0 Å². The molecule has 0 bridgehead atoms. The van der Waals surface area contributed by atoms with Gasteiger partial charge in [-0.05, 0) is 35.7 Å². The van der Waals surface area contributed by atoms with Gasteiger partial charge in [0.2, 0.25) is 0 Å². The predicted molar refractivity (Wildman–Crippen MR) is 86.7 cm³/mol. The summed E-state index contributed by atoms with van der Waals surface area (Å²) in [6.45, 7) is 2.11. The Kier molecular flexibility index (Phi) is 3.88. The van der Waals surface area contributed by atoms with Gasteiger partial charge < -0.3 is 10.1 Å². The van der Waals surface area contributed by atoms with Gasteiger partial charge in [0.05, 0.1) is 18.8 Å². The number of rotatable bonds is 3. The lowest BCUT2D eigenvalue weighted by Crippen LogP contribution is -2.19. The van der Waals surface area contributed by atoms with Crippen molar-refractivity contribution in [3.05, 3.63) is 59.2 Å². The summed E-state index contributed by atoms with van der Waals surface area (Å²) in [7, 11) is 1.72. The number of anilines is 1. The van der Waals surface area contributed by atoms with Crippen LogP contribution in [0, 0.1) is 6.92 Å². The SMILES string of the molecule is COc1ccc(C)cc1NC1CSCc2ccccc21. The molecule has 0 aromatic heterocycles. The predicted octanol–water partition coefficient (Wildman–Crippen LogP) is 4.40. The van der Waals surface area contributed by atoms with Crippen molar-refractivity contribution < 1.29 is 4.74 Å². The molecule has 1 atom stereocenters. The molecule has 3 heteroatoms. The molecule has 1 N–H and O–H groups in total. The van der Waals surface area contributed by atoms with Crippen LogP contribution in [0.1, 0.15) is 22.7 Å². The monoisotopic (exact) mass is 285 g/mol. The molecule has 2 nitrogen and oxygen atoms in total. The highest BCUT2D eigenvalue weighted by atomic mass is 32.2. The van der Waals surface area contributed by atoms with Crippen molar-refractivity contribution in [3.63, 3.8) is 0 Å². The Morgan fingerprint density at radius 2 is 2.05 bits per heavy atom. The molecule has 0 saturated carbocycles. The molecular formula is C17H19NOS. The van der Waals surface area contributed by atoms with Crippen LogP contribution in [0.5, 0.6) is 5.75 Å². The van der Waals surface area contributed by atoms with Crippen LogP contribution in [0.2, 0.25) is 0 Å². The molecule has 2 aromatic rings. The lowest BCUT2D eigenvalue weighted by Gasteiger charge is -2.27. The minimum absolute atomic E-state index is 0.348. The molecule has 104 valence electrons. The smallest absolute Gasteiger partial charge is 0.141 e. The molecular weight excluding hydrogens is 266 g/mol. The Morgan fingerprint density at radius 1 is 1.20 bits per heavy atom. The van der Waals surface area contributed by atoms with Gasteiger partial charge in [0.25, 0.3) is 0 Å². The zero-order chi connectivity index (χ0) is 13.9. The maximum atomic E-state index is 5.46. The van der Waals surface area contributed by atoms with E-state index in [0.29, 0.717) is 6.04 Å². The van der Waals surface area contributed by atoms with Crippen LogP contribution in [0.15, 0.2) is 42.5 Å². The minimum atomic E-state index is 0.348. The maximum absolute atomic E-state index is 5.46. The first-order valence-electron chi connectivity index (χ1n) is 6.84. The topological polar surface area (TPSA) is 21.3 Å². The van der Waals surface area contributed by atoms with E-state index in [0.717, 1.165) is 22.9 Å². The number of benzene rings is 2. The number of methoxy groups -OCH3 is 1. The maximum Gasteiger partial charge on any atom is 0.141 e. The molecule has 0 fully saturated rings. The molecule has 20 heavy (non-hydrogen) atoms. The fraction of sp³-hybridized carbons (Fsp3) is 0.294. The van der Waals surface area contributed by atoms with E-state index in [1.165, 1.54) is 16.7 Å². The van der Waals surface area contributed by atoms with Crippen molar-refractivity contribution in [2.45, 2.75) is 18.7 Å². The largest absolute Gasteiger partial charge is 0.495 e. The zero-order valence-electron chi connectivity index (χ0n) is 11.8. The Bertz CT molecular complexity index is 612. The van der Waals surface area contributed by atoms with Gasteiger partial charge in [-0.25, -0.2) is 0 Å². The summed E-state index contributed by atoms with van der Waals surface area (Å²) < 4.78 is 5.46. The van der Waals surface area contributed by atoms with Crippen LogP contribution < -0.4 is 10.1 Å². The highest BCUT2D eigenvalue weighted by Crippen LogP contribution is 2.36. The van der Waals surface area contributed by atoms with Gasteiger partial charge in [-0.1, -0.05) is 30.3 Å². The minimum Gasteiger partial charge on any atom is -0.495 e. The molecule has 0 radical (unpaired) electrons. The summed E-state index contributed by atoms with van der Waals surface area (Å²) in [6, 6.07) is 15.3. The molecule has 1 aliphatic heterocycles. The number of hydrogen-bond acceptors (Lipinski definition) is 3. The van der Waals surface area contributed by atoms with E-state index >= 15 is 0 Å². The van der Waals surface area contributed by atoms with Crippen LogP contribution >= 0.6 is 11.8 Å². The highest BCUT2D eigenvalue weighted by molar-refractivity contribution is 7.98. The van der Waals surface area contributed by atoms with E-state index in [-0.39, 0.29) is 0 Å². The summed E-state index contributed by atoms with van der Waals surface area (Å²) in [5.41, 5.74) is 5.17. The van der Waals surface area contributed by atoms with Gasteiger partial charge >= 0.3 is 0 Å². The van der Waals surface area contributed by atoms with Gasteiger partial charge in [0.1, 0.15) is 5.75 Å². The lowest BCUT2D eigenvalue weighted by molar-refractivity contribution is 0.416. The molecule has 2 aromatic carbocycles. The van der Waals surface area contributed by atoms with Crippen LogP contribution in [0.25, 0.3) is 0 Å². The van der Waals surface area contributed by atoms with E-state index in [9.17, 15) is 0 Å². The fourth-order valence-corrected chi connectivity index (χ4v) is 3.72. The van der Waals surface area contributed by atoms with Crippen molar-refractivity contribution >= 4 is 17.4 Å².